The van der Waals surface area contributed by atoms with E-state index in [-0.39, 0.29) is 18.5 Å². The number of carbonyl (C=O) groups is 2. The first-order chi connectivity index (χ1) is 21.1. The first-order valence-corrected chi connectivity index (χ1v) is 19.5. The summed E-state index contributed by atoms with van der Waals surface area (Å²) in [6.07, 6.45) is 41.2. The van der Waals surface area contributed by atoms with Gasteiger partial charge >= 0.3 is 11.9 Å². The van der Waals surface area contributed by atoms with E-state index < -0.39 is 5.97 Å². The molecule has 0 aromatic rings. The maximum atomic E-state index is 12.6. The van der Waals surface area contributed by atoms with E-state index in [0.29, 0.717) is 6.42 Å². The van der Waals surface area contributed by atoms with Crippen molar-refractivity contribution in [2.75, 3.05) is 0 Å². The van der Waals surface area contributed by atoms with Gasteiger partial charge in [0.25, 0.3) is 0 Å². The molecule has 43 heavy (non-hydrogen) atoms. The molecule has 0 heterocycles. The Morgan fingerprint density at radius 2 is 0.698 bits per heavy atom. The number of esters is 1. The Morgan fingerprint density at radius 3 is 1.02 bits per heavy atom. The Labute approximate surface area is 269 Å². The van der Waals surface area contributed by atoms with Gasteiger partial charge in [0, 0.05) is 12.8 Å². The van der Waals surface area contributed by atoms with Gasteiger partial charge in [0.1, 0.15) is 6.10 Å². The molecule has 0 saturated carbocycles. The van der Waals surface area contributed by atoms with Crippen LogP contribution in [0.3, 0.4) is 0 Å². The SMILES string of the molecule is CCCCCCCCCCCCCCCC(=O)OC(CCCCCCCCCCCCCC)CCCCCCCC(=O)O. The fraction of sp³-hybridized carbons (Fsp3) is 0.949. The summed E-state index contributed by atoms with van der Waals surface area (Å²) in [5.74, 6) is -0.689. The highest BCUT2D eigenvalue weighted by atomic mass is 16.5. The number of hydrogen-bond donors (Lipinski definition) is 1. The number of carboxylic acid groups (broad SMARTS) is 1. The van der Waals surface area contributed by atoms with Crippen LogP contribution >= 0.6 is 0 Å². The molecule has 0 aromatic carbocycles. The molecular formula is C39H76O4. The van der Waals surface area contributed by atoms with Gasteiger partial charge in [0.15, 0.2) is 0 Å². The molecule has 0 rings (SSSR count). The Balaban J connectivity index is 4.00. The van der Waals surface area contributed by atoms with E-state index in [9.17, 15) is 9.59 Å². The minimum Gasteiger partial charge on any atom is -0.481 e. The van der Waals surface area contributed by atoms with Gasteiger partial charge in [0.2, 0.25) is 0 Å². The summed E-state index contributed by atoms with van der Waals surface area (Å²) in [7, 11) is 0. The largest absolute Gasteiger partial charge is 0.481 e. The van der Waals surface area contributed by atoms with E-state index in [1.165, 1.54) is 141 Å². The summed E-state index contributed by atoms with van der Waals surface area (Å²) < 4.78 is 6.00. The Morgan fingerprint density at radius 1 is 0.419 bits per heavy atom. The van der Waals surface area contributed by atoms with Crippen LogP contribution in [0.1, 0.15) is 232 Å². The Kier molecular flexibility index (Phi) is 34.5. The van der Waals surface area contributed by atoms with Crippen LogP contribution in [0, 0.1) is 0 Å². The van der Waals surface area contributed by atoms with E-state index in [0.717, 1.165) is 64.2 Å². The topological polar surface area (TPSA) is 63.6 Å². The van der Waals surface area contributed by atoms with Crippen molar-refractivity contribution in [3.8, 4) is 0 Å². The van der Waals surface area contributed by atoms with Gasteiger partial charge in [-0.05, 0) is 38.5 Å². The van der Waals surface area contributed by atoms with Gasteiger partial charge in [-0.2, -0.15) is 0 Å². The van der Waals surface area contributed by atoms with Crippen LogP contribution in [0.5, 0.6) is 0 Å². The molecular weight excluding hydrogens is 532 g/mol. The molecule has 0 aliphatic heterocycles. The van der Waals surface area contributed by atoms with E-state index in [4.69, 9.17) is 9.84 Å². The number of aliphatic carboxylic acids is 1. The van der Waals surface area contributed by atoms with Gasteiger partial charge in [-0.3, -0.25) is 9.59 Å². The highest BCUT2D eigenvalue weighted by Gasteiger charge is 2.14. The van der Waals surface area contributed by atoms with E-state index in [1.807, 2.05) is 0 Å². The predicted octanol–water partition coefficient (Wildman–Crippen LogP) is 13.3. The van der Waals surface area contributed by atoms with Gasteiger partial charge in [-0.15, -0.1) is 0 Å². The molecule has 0 fully saturated rings. The molecule has 0 aromatic heterocycles. The first kappa shape index (κ1) is 41.9. The monoisotopic (exact) mass is 609 g/mol. The summed E-state index contributed by atoms with van der Waals surface area (Å²) in [5.41, 5.74) is 0. The summed E-state index contributed by atoms with van der Waals surface area (Å²) in [6, 6.07) is 0. The van der Waals surface area contributed by atoms with Crippen molar-refractivity contribution in [1.82, 2.24) is 0 Å². The molecule has 1 unspecified atom stereocenters. The maximum absolute atomic E-state index is 12.6. The summed E-state index contributed by atoms with van der Waals surface area (Å²) in [5, 5.41) is 8.81. The molecule has 1 atom stereocenters. The summed E-state index contributed by atoms with van der Waals surface area (Å²) in [6.45, 7) is 4.56. The maximum Gasteiger partial charge on any atom is 0.306 e. The fourth-order valence-electron chi connectivity index (χ4n) is 6.19. The fourth-order valence-corrected chi connectivity index (χ4v) is 6.19. The number of hydrogen-bond acceptors (Lipinski definition) is 3. The standard InChI is InChI=1S/C39H76O4/c1-3-5-7-9-11-13-15-17-19-21-23-28-32-36-39(42)43-37(34-30-26-24-27-31-35-38(40)41)33-29-25-22-20-18-16-14-12-10-8-6-4-2/h37H,3-36H2,1-2H3,(H,40,41). The molecule has 4 heteroatoms. The lowest BCUT2D eigenvalue weighted by molar-refractivity contribution is -0.150. The van der Waals surface area contributed by atoms with Crippen LogP contribution in [-0.4, -0.2) is 23.1 Å². The van der Waals surface area contributed by atoms with Crippen molar-refractivity contribution < 1.29 is 19.4 Å². The lowest BCUT2D eigenvalue weighted by atomic mass is 10.0. The Bertz CT molecular complexity index is 576. The molecule has 0 spiro atoms. The first-order valence-electron chi connectivity index (χ1n) is 19.5. The van der Waals surface area contributed by atoms with Crippen molar-refractivity contribution in [2.45, 2.75) is 238 Å². The predicted molar refractivity (Wildman–Crippen MR) is 186 cm³/mol. The highest BCUT2D eigenvalue weighted by Crippen LogP contribution is 2.19. The van der Waals surface area contributed by atoms with Crippen molar-refractivity contribution in [2.24, 2.45) is 0 Å². The van der Waals surface area contributed by atoms with Crippen molar-refractivity contribution in [1.29, 1.82) is 0 Å². The smallest absolute Gasteiger partial charge is 0.306 e. The zero-order valence-electron chi connectivity index (χ0n) is 29.3. The van der Waals surface area contributed by atoms with Gasteiger partial charge in [-0.25, -0.2) is 0 Å². The van der Waals surface area contributed by atoms with Gasteiger partial charge in [0.05, 0.1) is 0 Å². The van der Waals surface area contributed by atoms with E-state index in [2.05, 4.69) is 13.8 Å². The normalized spacial score (nSPS) is 12.0. The number of unbranched alkanes of at least 4 members (excludes halogenated alkanes) is 27. The van der Waals surface area contributed by atoms with Crippen molar-refractivity contribution in [3.05, 3.63) is 0 Å². The third kappa shape index (κ3) is 35.3. The minimum absolute atomic E-state index is 0.00784. The van der Waals surface area contributed by atoms with Crippen molar-refractivity contribution >= 4 is 11.9 Å². The average Bonchev–Trinajstić information content (AvgIpc) is 2.99. The number of carboxylic acids is 1. The van der Waals surface area contributed by atoms with Crippen molar-refractivity contribution in [3.63, 3.8) is 0 Å². The molecule has 1 N–H and O–H groups in total. The number of ether oxygens (including phenoxy) is 1. The zero-order chi connectivity index (χ0) is 31.5. The second kappa shape index (κ2) is 35.4. The average molecular weight is 609 g/mol. The quantitative estimate of drug-likeness (QED) is 0.0567. The van der Waals surface area contributed by atoms with Crippen LogP contribution in [0.25, 0.3) is 0 Å². The van der Waals surface area contributed by atoms with Crippen LogP contribution in [-0.2, 0) is 14.3 Å². The van der Waals surface area contributed by atoms with Crippen LogP contribution in [0.4, 0.5) is 0 Å². The minimum atomic E-state index is -0.696. The lowest BCUT2D eigenvalue weighted by Crippen LogP contribution is -2.18. The van der Waals surface area contributed by atoms with Crippen LogP contribution < -0.4 is 0 Å². The molecule has 0 saturated heterocycles. The lowest BCUT2D eigenvalue weighted by Gasteiger charge is -2.18. The molecule has 0 aliphatic rings. The molecule has 4 nitrogen and oxygen atoms in total. The Hall–Kier alpha value is -1.06. The third-order valence-electron chi connectivity index (χ3n) is 9.08. The summed E-state index contributed by atoms with van der Waals surface area (Å²) >= 11 is 0. The second-order valence-electron chi connectivity index (χ2n) is 13.5. The summed E-state index contributed by atoms with van der Waals surface area (Å²) in [4.78, 5) is 23.3. The van der Waals surface area contributed by atoms with Crippen LogP contribution in [0.2, 0.25) is 0 Å². The molecule has 0 amide bonds. The zero-order valence-corrected chi connectivity index (χ0v) is 29.3. The van der Waals surface area contributed by atoms with Crippen LogP contribution in [0.15, 0.2) is 0 Å². The number of carbonyl (C=O) groups excluding carboxylic acids is 1. The third-order valence-corrected chi connectivity index (χ3v) is 9.08. The molecule has 0 radical (unpaired) electrons. The highest BCUT2D eigenvalue weighted by molar-refractivity contribution is 5.69. The van der Waals surface area contributed by atoms with Gasteiger partial charge in [-0.1, -0.05) is 181 Å². The molecule has 0 aliphatic carbocycles. The number of rotatable bonds is 36. The molecule has 0 bridgehead atoms. The second-order valence-corrected chi connectivity index (χ2v) is 13.5. The van der Waals surface area contributed by atoms with E-state index in [1.54, 1.807) is 0 Å². The molecule has 256 valence electrons. The van der Waals surface area contributed by atoms with Gasteiger partial charge < -0.3 is 9.84 Å². The van der Waals surface area contributed by atoms with E-state index >= 15 is 0 Å².